The van der Waals surface area contributed by atoms with Gasteiger partial charge in [0.15, 0.2) is 0 Å². The average Bonchev–Trinajstić information content (AvgIpc) is 3.32. The Balaban J connectivity index is 1.49. The third-order valence-electron chi connectivity index (χ3n) is 5.13. The number of nitrogens with zero attached hydrogens (tertiary/aromatic N) is 5. The smallest absolute Gasteiger partial charge is 0.141 e. The topological polar surface area (TPSA) is 81.5 Å². The van der Waals surface area contributed by atoms with Gasteiger partial charge in [-0.05, 0) is 55.7 Å². The fourth-order valence-corrected chi connectivity index (χ4v) is 4.47. The second kappa shape index (κ2) is 6.72. The van der Waals surface area contributed by atoms with Gasteiger partial charge in [-0.2, -0.15) is 9.64 Å². The molecule has 1 aliphatic rings. The van der Waals surface area contributed by atoms with E-state index in [-0.39, 0.29) is 0 Å². The molecule has 4 aromatic rings. The monoisotopic (exact) mass is 374 g/mol. The van der Waals surface area contributed by atoms with Crippen molar-refractivity contribution in [2.45, 2.75) is 25.8 Å². The molecule has 0 atom stereocenters. The lowest BCUT2D eigenvalue weighted by atomic mass is 10.1. The Hall–Kier alpha value is -2.82. The minimum Gasteiger partial charge on any atom is -0.338 e. The molecule has 27 heavy (non-hydrogen) atoms. The zero-order chi connectivity index (χ0) is 18.2. The van der Waals surface area contributed by atoms with E-state index in [0.29, 0.717) is 5.69 Å². The van der Waals surface area contributed by atoms with Crippen molar-refractivity contribution in [1.82, 2.24) is 24.2 Å². The summed E-state index contributed by atoms with van der Waals surface area (Å²) < 4.78 is 4.66. The molecule has 0 amide bonds. The third-order valence-corrected chi connectivity index (χ3v) is 6.00. The molecule has 0 bridgehead atoms. The van der Waals surface area contributed by atoms with E-state index in [1.54, 1.807) is 6.20 Å². The number of rotatable bonds is 3. The number of likely N-dealkylation sites (tertiary alicyclic amines) is 1. The fraction of sp³-hybridized carbons (Fsp3) is 0.300. The van der Waals surface area contributed by atoms with Gasteiger partial charge in [-0.25, -0.2) is 9.97 Å². The summed E-state index contributed by atoms with van der Waals surface area (Å²) in [7, 11) is 0. The number of H-pyrrole nitrogens is 1. The largest absolute Gasteiger partial charge is 0.338 e. The van der Waals surface area contributed by atoms with Crippen molar-refractivity contribution in [3.63, 3.8) is 0 Å². The van der Waals surface area contributed by atoms with Crippen LogP contribution in [0.2, 0.25) is 0 Å². The predicted octanol–water partition coefficient (Wildman–Crippen LogP) is 4.09. The highest BCUT2D eigenvalue weighted by atomic mass is 32.1. The van der Waals surface area contributed by atoms with Crippen molar-refractivity contribution in [1.29, 1.82) is 5.26 Å². The second-order valence-electron chi connectivity index (χ2n) is 6.99. The van der Waals surface area contributed by atoms with Gasteiger partial charge in [0.25, 0.3) is 0 Å². The zero-order valence-corrected chi connectivity index (χ0v) is 15.6. The molecule has 1 aliphatic heterocycles. The van der Waals surface area contributed by atoms with Crippen molar-refractivity contribution in [3.8, 4) is 16.5 Å². The first-order chi connectivity index (χ1) is 13.3. The number of piperidine rings is 1. The highest BCUT2D eigenvalue weighted by molar-refractivity contribution is 7.09. The Morgan fingerprint density at radius 3 is 2.81 bits per heavy atom. The molecule has 5 heterocycles. The zero-order valence-electron chi connectivity index (χ0n) is 14.8. The van der Waals surface area contributed by atoms with Gasteiger partial charge < -0.3 is 4.98 Å². The van der Waals surface area contributed by atoms with Crippen LogP contribution in [0.15, 0.2) is 30.6 Å². The first kappa shape index (κ1) is 16.4. The van der Waals surface area contributed by atoms with E-state index in [1.165, 1.54) is 43.9 Å². The highest BCUT2D eigenvalue weighted by Gasteiger charge is 2.14. The highest BCUT2D eigenvalue weighted by Crippen LogP contribution is 2.31. The van der Waals surface area contributed by atoms with Crippen LogP contribution in [0.5, 0.6) is 0 Å². The molecular formula is C20H18N6S. The SMILES string of the molecule is N#Cc1cc2c(cn1)[nH]c1ncc(-c3cc(CN4CCCCC4)ns3)cc12. The molecule has 1 fully saturated rings. The van der Waals surface area contributed by atoms with Gasteiger partial charge in [0.1, 0.15) is 17.4 Å². The number of fused-ring (bicyclic) bond motifs is 3. The lowest BCUT2D eigenvalue weighted by Crippen LogP contribution is -2.29. The number of aromatic nitrogens is 4. The van der Waals surface area contributed by atoms with Gasteiger partial charge in [-0.3, -0.25) is 4.90 Å². The lowest BCUT2D eigenvalue weighted by molar-refractivity contribution is 0.219. The molecule has 0 aliphatic carbocycles. The predicted molar refractivity (Wildman–Crippen MR) is 106 cm³/mol. The molecule has 1 N–H and O–H groups in total. The maximum absolute atomic E-state index is 9.13. The van der Waals surface area contributed by atoms with E-state index in [9.17, 15) is 0 Å². The van der Waals surface area contributed by atoms with Crippen LogP contribution in [0.25, 0.3) is 32.4 Å². The van der Waals surface area contributed by atoms with Crippen LogP contribution in [0, 0.1) is 11.3 Å². The summed E-state index contributed by atoms with van der Waals surface area (Å²) in [6.45, 7) is 3.27. The molecule has 5 rings (SSSR count). The Kier molecular flexibility index (Phi) is 4.07. The number of pyridine rings is 2. The van der Waals surface area contributed by atoms with Crippen molar-refractivity contribution in [2.75, 3.05) is 13.1 Å². The number of aromatic amines is 1. The third kappa shape index (κ3) is 3.07. The summed E-state index contributed by atoms with van der Waals surface area (Å²) >= 11 is 1.52. The van der Waals surface area contributed by atoms with Gasteiger partial charge >= 0.3 is 0 Å². The van der Waals surface area contributed by atoms with E-state index >= 15 is 0 Å². The van der Waals surface area contributed by atoms with Crippen molar-refractivity contribution in [3.05, 3.63) is 42.0 Å². The van der Waals surface area contributed by atoms with E-state index in [2.05, 4.69) is 42.4 Å². The van der Waals surface area contributed by atoms with Crippen LogP contribution in [0.4, 0.5) is 0 Å². The Labute approximate surface area is 160 Å². The van der Waals surface area contributed by atoms with E-state index in [4.69, 9.17) is 5.26 Å². The summed E-state index contributed by atoms with van der Waals surface area (Å²) in [5, 5.41) is 11.1. The van der Waals surface area contributed by atoms with Crippen LogP contribution in [0.1, 0.15) is 30.7 Å². The van der Waals surface area contributed by atoms with Gasteiger partial charge in [0.2, 0.25) is 0 Å². The van der Waals surface area contributed by atoms with Gasteiger partial charge in [-0.15, -0.1) is 0 Å². The molecule has 6 nitrogen and oxygen atoms in total. The average molecular weight is 374 g/mol. The molecular weight excluding hydrogens is 356 g/mol. The lowest BCUT2D eigenvalue weighted by Gasteiger charge is -2.25. The molecule has 7 heteroatoms. The van der Waals surface area contributed by atoms with Gasteiger partial charge in [-0.1, -0.05) is 6.42 Å². The molecule has 0 saturated carbocycles. The summed E-state index contributed by atoms with van der Waals surface area (Å²) in [4.78, 5) is 15.6. The number of nitriles is 1. The minimum atomic E-state index is 0.412. The molecule has 0 spiro atoms. The molecule has 0 aromatic carbocycles. The molecule has 4 aromatic heterocycles. The quantitative estimate of drug-likeness (QED) is 0.584. The normalized spacial score (nSPS) is 15.4. The van der Waals surface area contributed by atoms with Crippen molar-refractivity contribution in [2.24, 2.45) is 0 Å². The van der Waals surface area contributed by atoms with E-state index in [1.807, 2.05) is 12.3 Å². The summed E-state index contributed by atoms with van der Waals surface area (Å²) in [5.41, 5.74) is 4.30. The van der Waals surface area contributed by atoms with Crippen molar-refractivity contribution >= 4 is 33.5 Å². The summed E-state index contributed by atoms with van der Waals surface area (Å²) in [6.07, 6.45) is 7.50. The summed E-state index contributed by atoms with van der Waals surface area (Å²) in [6, 6.07) is 8.22. The van der Waals surface area contributed by atoms with E-state index < -0.39 is 0 Å². The van der Waals surface area contributed by atoms with Crippen LogP contribution in [-0.2, 0) is 6.54 Å². The number of nitrogens with one attached hydrogen (secondary N) is 1. The first-order valence-corrected chi connectivity index (χ1v) is 9.93. The van der Waals surface area contributed by atoms with Crippen LogP contribution in [0.3, 0.4) is 0 Å². The van der Waals surface area contributed by atoms with Crippen molar-refractivity contribution < 1.29 is 0 Å². The minimum absolute atomic E-state index is 0.412. The van der Waals surface area contributed by atoms with Crippen LogP contribution < -0.4 is 0 Å². The second-order valence-corrected chi connectivity index (χ2v) is 7.80. The molecule has 0 unspecified atom stereocenters. The Morgan fingerprint density at radius 1 is 1.07 bits per heavy atom. The summed E-state index contributed by atoms with van der Waals surface area (Å²) in [5.74, 6) is 0. The van der Waals surface area contributed by atoms with Crippen LogP contribution in [-0.4, -0.2) is 37.3 Å². The van der Waals surface area contributed by atoms with Gasteiger partial charge in [0, 0.05) is 29.1 Å². The number of hydrogen-bond donors (Lipinski definition) is 1. The van der Waals surface area contributed by atoms with Crippen LogP contribution >= 0.6 is 11.5 Å². The standard InChI is InChI=1S/C20H18N6S/c21-9-14-7-16-17-6-13(10-23-20(17)24-18(16)11-22-14)19-8-15(25-27-19)12-26-4-2-1-3-5-26/h6-8,10-11H,1-5,12H2,(H,23,24). The van der Waals surface area contributed by atoms with E-state index in [0.717, 1.165) is 44.6 Å². The maximum Gasteiger partial charge on any atom is 0.141 e. The molecule has 1 saturated heterocycles. The Morgan fingerprint density at radius 2 is 1.96 bits per heavy atom. The molecule has 0 radical (unpaired) electrons. The van der Waals surface area contributed by atoms with Gasteiger partial charge in [0.05, 0.1) is 22.3 Å². The fourth-order valence-electron chi connectivity index (χ4n) is 3.74. The Bertz CT molecular complexity index is 1160. The number of hydrogen-bond acceptors (Lipinski definition) is 6. The first-order valence-electron chi connectivity index (χ1n) is 9.16. The maximum atomic E-state index is 9.13. The molecule has 134 valence electrons.